The molecule has 1 fully saturated rings. The first-order valence-electron chi connectivity index (χ1n) is 6.81. The van der Waals surface area contributed by atoms with Gasteiger partial charge in [0.25, 0.3) is 0 Å². The molecular weight excluding hydrogens is 224 g/mol. The molecule has 3 heteroatoms. The summed E-state index contributed by atoms with van der Waals surface area (Å²) in [7, 11) is 0. The van der Waals surface area contributed by atoms with Gasteiger partial charge in [0.1, 0.15) is 0 Å². The van der Waals surface area contributed by atoms with Gasteiger partial charge in [-0.15, -0.1) is 0 Å². The molecule has 0 N–H and O–H groups in total. The highest BCUT2D eigenvalue weighted by Gasteiger charge is 2.15. The van der Waals surface area contributed by atoms with Crippen molar-refractivity contribution in [1.82, 2.24) is 9.88 Å². The molecule has 2 rings (SSSR count). The van der Waals surface area contributed by atoms with E-state index in [0.29, 0.717) is 0 Å². The molecule has 1 aromatic rings. The highest BCUT2D eigenvalue weighted by atomic mass is 16.5. The third-order valence-electron chi connectivity index (χ3n) is 3.31. The molecule has 0 atom stereocenters. The molecule has 1 aromatic heterocycles. The second kappa shape index (κ2) is 5.81. The van der Waals surface area contributed by atoms with Crippen LogP contribution in [0, 0.1) is 0 Å². The molecule has 1 saturated heterocycles. The van der Waals surface area contributed by atoms with E-state index in [0.717, 1.165) is 45.0 Å². The minimum atomic E-state index is 0.134. The summed E-state index contributed by atoms with van der Waals surface area (Å²) < 4.78 is 5.47. The first-order valence-corrected chi connectivity index (χ1v) is 6.81. The molecule has 0 amide bonds. The Bertz CT molecular complexity index is 359. The van der Waals surface area contributed by atoms with E-state index in [-0.39, 0.29) is 5.41 Å². The maximum Gasteiger partial charge on any atom is 0.0593 e. The Morgan fingerprint density at radius 2 is 2.06 bits per heavy atom. The first-order chi connectivity index (χ1) is 8.55. The first kappa shape index (κ1) is 13.5. The van der Waals surface area contributed by atoms with Gasteiger partial charge in [-0.3, -0.25) is 9.88 Å². The van der Waals surface area contributed by atoms with Crippen LogP contribution in [0.15, 0.2) is 18.3 Å². The van der Waals surface area contributed by atoms with Crippen LogP contribution < -0.4 is 0 Å². The molecule has 1 aliphatic rings. The van der Waals surface area contributed by atoms with Crippen LogP contribution in [-0.4, -0.2) is 36.2 Å². The van der Waals surface area contributed by atoms with Gasteiger partial charge in [-0.2, -0.15) is 0 Å². The van der Waals surface area contributed by atoms with E-state index in [1.54, 1.807) is 0 Å². The van der Waals surface area contributed by atoms with Gasteiger partial charge >= 0.3 is 0 Å². The summed E-state index contributed by atoms with van der Waals surface area (Å²) in [6.07, 6.45) is 3.15. The zero-order chi connectivity index (χ0) is 13.0. The van der Waals surface area contributed by atoms with Crippen molar-refractivity contribution in [2.45, 2.75) is 39.2 Å². The fourth-order valence-electron chi connectivity index (χ4n) is 2.18. The SMILES string of the molecule is CC(C)(C)c1ccc(CN2CCCOCC2)cn1. The highest BCUT2D eigenvalue weighted by Crippen LogP contribution is 2.20. The fourth-order valence-corrected chi connectivity index (χ4v) is 2.18. The Labute approximate surface area is 110 Å². The minimum absolute atomic E-state index is 0.134. The lowest BCUT2D eigenvalue weighted by Crippen LogP contribution is -2.26. The molecule has 0 radical (unpaired) electrons. The molecular formula is C15H24N2O. The zero-order valence-corrected chi connectivity index (χ0v) is 11.8. The standard InChI is InChI=1S/C15H24N2O/c1-15(2,3)14-6-5-13(11-16-14)12-17-7-4-9-18-10-8-17/h5-6,11H,4,7-10,12H2,1-3H3. The Hall–Kier alpha value is -0.930. The topological polar surface area (TPSA) is 25.4 Å². The normalized spacial score (nSPS) is 18.6. The van der Waals surface area contributed by atoms with Crippen molar-refractivity contribution in [3.05, 3.63) is 29.6 Å². The van der Waals surface area contributed by atoms with Crippen LogP contribution >= 0.6 is 0 Å². The van der Waals surface area contributed by atoms with E-state index in [1.807, 2.05) is 6.20 Å². The van der Waals surface area contributed by atoms with Gasteiger partial charge in [-0.1, -0.05) is 26.8 Å². The predicted octanol–water partition coefficient (Wildman–Crippen LogP) is 2.60. The second-order valence-electron chi connectivity index (χ2n) is 6.04. The molecule has 0 unspecified atom stereocenters. The number of aromatic nitrogens is 1. The van der Waals surface area contributed by atoms with Crippen molar-refractivity contribution >= 4 is 0 Å². The maximum absolute atomic E-state index is 5.47. The molecule has 0 aliphatic carbocycles. The number of pyridine rings is 1. The van der Waals surface area contributed by atoms with E-state index >= 15 is 0 Å². The average Bonchev–Trinajstić information content (AvgIpc) is 2.57. The summed E-state index contributed by atoms with van der Waals surface area (Å²) in [5.41, 5.74) is 2.59. The van der Waals surface area contributed by atoms with E-state index in [9.17, 15) is 0 Å². The van der Waals surface area contributed by atoms with Gasteiger partial charge in [0.15, 0.2) is 0 Å². The smallest absolute Gasteiger partial charge is 0.0593 e. The summed E-state index contributed by atoms with van der Waals surface area (Å²) in [4.78, 5) is 7.03. The third-order valence-corrected chi connectivity index (χ3v) is 3.31. The van der Waals surface area contributed by atoms with Crippen molar-refractivity contribution in [1.29, 1.82) is 0 Å². The highest BCUT2D eigenvalue weighted by molar-refractivity contribution is 5.19. The summed E-state index contributed by atoms with van der Waals surface area (Å²) in [6.45, 7) is 11.5. The van der Waals surface area contributed by atoms with Crippen molar-refractivity contribution in [2.75, 3.05) is 26.3 Å². The quantitative estimate of drug-likeness (QED) is 0.804. The van der Waals surface area contributed by atoms with Crippen molar-refractivity contribution in [3.63, 3.8) is 0 Å². The Balaban J connectivity index is 1.97. The van der Waals surface area contributed by atoms with Crippen LogP contribution in [0.3, 0.4) is 0 Å². The lowest BCUT2D eigenvalue weighted by molar-refractivity contribution is 0.140. The van der Waals surface area contributed by atoms with Crippen LogP contribution in [0.1, 0.15) is 38.4 Å². The number of hydrogen-bond acceptors (Lipinski definition) is 3. The molecule has 2 heterocycles. The van der Waals surface area contributed by atoms with Crippen LogP contribution in [0.25, 0.3) is 0 Å². The number of rotatable bonds is 2. The average molecular weight is 248 g/mol. The Morgan fingerprint density at radius 1 is 1.22 bits per heavy atom. The molecule has 1 aliphatic heterocycles. The Morgan fingerprint density at radius 3 is 2.72 bits per heavy atom. The van der Waals surface area contributed by atoms with Crippen LogP contribution in [0.5, 0.6) is 0 Å². The van der Waals surface area contributed by atoms with Gasteiger partial charge in [0.05, 0.1) is 6.61 Å². The summed E-state index contributed by atoms with van der Waals surface area (Å²) in [5, 5.41) is 0. The molecule has 100 valence electrons. The molecule has 3 nitrogen and oxygen atoms in total. The van der Waals surface area contributed by atoms with E-state index in [1.165, 1.54) is 5.56 Å². The van der Waals surface area contributed by atoms with Crippen molar-refractivity contribution < 1.29 is 4.74 Å². The molecule has 0 spiro atoms. The molecule has 0 aromatic carbocycles. The van der Waals surface area contributed by atoms with Gasteiger partial charge in [-0.25, -0.2) is 0 Å². The fraction of sp³-hybridized carbons (Fsp3) is 0.667. The van der Waals surface area contributed by atoms with E-state index in [2.05, 4.69) is 42.8 Å². The van der Waals surface area contributed by atoms with Crippen molar-refractivity contribution in [3.8, 4) is 0 Å². The predicted molar refractivity (Wildman–Crippen MR) is 73.7 cm³/mol. The molecule has 0 bridgehead atoms. The molecule has 18 heavy (non-hydrogen) atoms. The Kier molecular flexibility index (Phi) is 4.36. The maximum atomic E-state index is 5.47. The van der Waals surface area contributed by atoms with Crippen LogP contribution in [0.2, 0.25) is 0 Å². The minimum Gasteiger partial charge on any atom is -0.380 e. The monoisotopic (exact) mass is 248 g/mol. The van der Waals surface area contributed by atoms with E-state index < -0.39 is 0 Å². The largest absolute Gasteiger partial charge is 0.380 e. The van der Waals surface area contributed by atoms with Gasteiger partial charge < -0.3 is 4.74 Å². The summed E-state index contributed by atoms with van der Waals surface area (Å²) >= 11 is 0. The lowest BCUT2D eigenvalue weighted by atomic mass is 9.91. The summed E-state index contributed by atoms with van der Waals surface area (Å²) in [6, 6.07) is 4.36. The lowest BCUT2D eigenvalue weighted by Gasteiger charge is -2.20. The number of nitrogens with zero attached hydrogens (tertiary/aromatic N) is 2. The number of hydrogen-bond donors (Lipinski definition) is 0. The van der Waals surface area contributed by atoms with Crippen molar-refractivity contribution in [2.24, 2.45) is 0 Å². The van der Waals surface area contributed by atoms with Crippen LogP contribution in [0.4, 0.5) is 0 Å². The van der Waals surface area contributed by atoms with Gasteiger partial charge in [0.2, 0.25) is 0 Å². The van der Waals surface area contributed by atoms with E-state index in [4.69, 9.17) is 4.74 Å². The van der Waals surface area contributed by atoms with Crippen LogP contribution in [-0.2, 0) is 16.7 Å². The zero-order valence-electron chi connectivity index (χ0n) is 11.8. The number of ether oxygens (including phenoxy) is 1. The van der Waals surface area contributed by atoms with Gasteiger partial charge in [-0.05, 0) is 18.1 Å². The third kappa shape index (κ3) is 3.79. The molecule has 0 saturated carbocycles. The van der Waals surface area contributed by atoms with Gasteiger partial charge in [0, 0.05) is 43.5 Å². The summed E-state index contributed by atoms with van der Waals surface area (Å²) in [5.74, 6) is 0. The second-order valence-corrected chi connectivity index (χ2v) is 6.04.